The summed E-state index contributed by atoms with van der Waals surface area (Å²) in [4.78, 5) is 25.9. The first-order chi connectivity index (χ1) is 15.3. The summed E-state index contributed by atoms with van der Waals surface area (Å²) >= 11 is 18.6. The van der Waals surface area contributed by atoms with Gasteiger partial charge in [-0.3, -0.25) is 15.0 Å². The summed E-state index contributed by atoms with van der Waals surface area (Å²) in [5.41, 5.74) is 11.0. The maximum absolute atomic E-state index is 13.1. The number of allylic oxidation sites excluding steroid dienone is 3. The summed E-state index contributed by atoms with van der Waals surface area (Å²) in [5, 5.41) is 12.4. The van der Waals surface area contributed by atoms with Crippen LogP contribution in [-0.2, 0) is 4.79 Å². The highest BCUT2D eigenvalue weighted by molar-refractivity contribution is 6.42. The summed E-state index contributed by atoms with van der Waals surface area (Å²) in [6.45, 7) is 0. The van der Waals surface area contributed by atoms with Crippen LogP contribution >= 0.6 is 34.8 Å². The fourth-order valence-electron chi connectivity index (χ4n) is 4.04. The second-order valence-electron chi connectivity index (χ2n) is 7.41. The number of benzene rings is 2. The number of hydrazine groups is 1. The number of hydrogen-bond acceptors (Lipinski definition) is 5. The summed E-state index contributed by atoms with van der Waals surface area (Å²) in [6, 6.07) is 13.5. The van der Waals surface area contributed by atoms with Gasteiger partial charge in [0.25, 0.3) is 5.91 Å². The predicted octanol–water partition coefficient (Wildman–Crippen LogP) is 5.09. The van der Waals surface area contributed by atoms with Crippen LogP contribution < -0.4 is 11.2 Å². The van der Waals surface area contributed by atoms with Crippen LogP contribution in [0.25, 0.3) is 0 Å². The number of carbonyl (C=O) groups is 2. The second-order valence-corrected chi connectivity index (χ2v) is 8.63. The number of nitrogens with zero attached hydrogens (tertiary/aromatic N) is 2. The Balaban J connectivity index is 1.84. The zero-order valence-electron chi connectivity index (χ0n) is 16.7. The smallest absolute Gasteiger partial charge is 0.270 e. The summed E-state index contributed by atoms with van der Waals surface area (Å²) < 4.78 is 0. The number of nitrogens with two attached hydrogens (primary N) is 1. The Bertz CT molecular complexity index is 1230. The van der Waals surface area contributed by atoms with Crippen molar-refractivity contribution in [1.29, 1.82) is 5.26 Å². The first-order valence-corrected chi connectivity index (χ1v) is 10.9. The molecule has 1 atom stereocenters. The molecular formula is C23H17Cl3N4O2. The molecule has 1 heterocycles. The standard InChI is InChI=1S/C23H17Cl3N4O2/c24-13-9-7-12(8-10-13)23(32)29-30-17-5-2-6-18(31)20(17)19(15(11-27)22(30)28)14-3-1-4-16(25)21(14)26/h1,3-4,7-10,19H,2,5-6,28H2,(H,29,32). The van der Waals surface area contributed by atoms with E-state index in [1.807, 2.05) is 0 Å². The molecule has 2 aromatic carbocycles. The number of nitriles is 1. The molecule has 9 heteroatoms. The molecule has 162 valence electrons. The number of hydrogen-bond donors (Lipinski definition) is 2. The van der Waals surface area contributed by atoms with Gasteiger partial charge in [-0.25, -0.2) is 5.01 Å². The van der Waals surface area contributed by atoms with E-state index in [4.69, 9.17) is 40.5 Å². The Morgan fingerprint density at radius 3 is 2.53 bits per heavy atom. The number of carbonyl (C=O) groups excluding carboxylic acids is 2. The zero-order valence-corrected chi connectivity index (χ0v) is 18.9. The van der Waals surface area contributed by atoms with Crippen molar-refractivity contribution in [2.24, 2.45) is 5.73 Å². The van der Waals surface area contributed by atoms with Gasteiger partial charge in [-0.1, -0.05) is 46.9 Å². The van der Waals surface area contributed by atoms with E-state index in [2.05, 4.69) is 11.5 Å². The number of nitrogens with one attached hydrogen (secondary N) is 1. The van der Waals surface area contributed by atoms with Crippen LogP contribution in [0, 0.1) is 11.3 Å². The lowest BCUT2D eigenvalue weighted by Crippen LogP contribution is -2.48. The highest BCUT2D eigenvalue weighted by atomic mass is 35.5. The number of ketones is 1. The van der Waals surface area contributed by atoms with Crippen LogP contribution in [0.5, 0.6) is 0 Å². The quantitative estimate of drug-likeness (QED) is 0.628. The molecule has 1 amide bonds. The fraction of sp³-hybridized carbons (Fsp3) is 0.174. The van der Waals surface area contributed by atoms with Gasteiger partial charge >= 0.3 is 0 Å². The van der Waals surface area contributed by atoms with Crippen molar-refractivity contribution >= 4 is 46.5 Å². The van der Waals surface area contributed by atoms with Crippen molar-refractivity contribution in [2.75, 3.05) is 0 Å². The van der Waals surface area contributed by atoms with Crippen molar-refractivity contribution in [3.05, 3.63) is 91.3 Å². The molecular weight excluding hydrogens is 471 g/mol. The van der Waals surface area contributed by atoms with Gasteiger partial charge in [-0.05, 0) is 48.7 Å². The molecule has 6 nitrogen and oxygen atoms in total. The van der Waals surface area contributed by atoms with Crippen molar-refractivity contribution in [2.45, 2.75) is 25.2 Å². The van der Waals surface area contributed by atoms with E-state index in [0.717, 1.165) is 0 Å². The average molecular weight is 488 g/mol. The highest BCUT2D eigenvalue weighted by Crippen LogP contribution is 2.46. The van der Waals surface area contributed by atoms with Crippen LogP contribution in [0.15, 0.2) is 65.1 Å². The minimum Gasteiger partial charge on any atom is -0.383 e. The number of amides is 1. The van der Waals surface area contributed by atoms with Crippen molar-refractivity contribution < 1.29 is 9.59 Å². The summed E-state index contributed by atoms with van der Waals surface area (Å²) in [6.07, 6.45) is 1.41. The maximum atomic E-state index is 13.1. The monoisotopic (exact) mass is 486 g/mol. The maximum Gasteiger partial charge on any atom is 0.270 e. The first-order valence-electron chi connectivity index (χ1n) is 9.80. The van der Waals surface area contributed by atoms with Gasteiger partial charge in [0, 0.05) is 28.3 Å². The Hall–Kier alpha value is -2.98. The minimum absolute atomic E-state index is 0.0318. The van der Waals surface area contributed by atoms with Crippen LogP contribution in [0.3, 0.4) is 0 Å². The lowest BCUT2D eigenvalue weighted by Gasteiger charge is -2.39. The number of rotatable bonds is 3. The van der Waals surface area contributed by atoms with E-state index < -0.39 is 11.8 Å². The van der Waals surface area contributed by atoms with Crippen LogP contribution in [0.1, 0.15) is 41.1 Å². The van der Waals surface area contributed by atoms with Crippen LogP contribution in [-0.4, -0.2) is 16.7 Å². The molecule has 0 radical (unpaired) electrons. The zero-order chi connectivity index (χ0) is 23.0. The Morgan fingerprint density at radius 2 is 1.84 bits per heavy atom. The van der Waals surface area contributed by atoms with E-state index in [1.165, 1.54) is 5.01 Å². The first kappa shape index (κ1) is 22.2. The summed E-state index contributed by atoms with van der Waals surface area (Å²) in [5.74, 6) is -1.31. The van der Waals surface area contributed by atoms with Gasteiger partial charge < -0.3 is 5.73 Å². The third-order valence-corrected chi connectivity index (χ3v) is 6.61. The molecule has 0 saturated carbocycles. The average Bonchev–Trinajstić information content (AvgIpc) is 2.78. The molecule has 1 aliphatic heterocycles. The molecule has 0 fully saturated rings. The molecule has 4 rings (SSSR count). The SMILES string of the molecule is N#CC1=C(N)N(NC(=O)c2ccc(Cl)cc2)C2=C(C(=O)CCC2)C1c1cccc(Cl)c1Cl. The van der Waals surface area contributed by atoms with Gasteiger partial charge in [0.05, 0.1) is 27.6 Å². The second kappa shape index (κ2) is 8.87. The van der Waals surface area contributed by atoms with Gasteiger partial charge in [0.15, 0.2) is 5.78 Å². The van der Waals surface area contributed by atoms with Crippen molar-refractivity contribution in [1.82, 2.24) is 10.4 Å². The van der Waals surface area contributed by atoms with E-state index in [-0.39, 0.29) is 22.2 Å². The molecule has 2 aliphatic rings. The molecule has 3 N–H and O–H groups in total. The Labute approximate surface area is 199 Å². The lowest BCUT2D eigenvalue weighted by molar-refractivity contribution is -0.116. The predicted molar refractivity (Wildman–Crippen MR) is 123 cm³/mol. The Morgan fingerprint density at radius 1 is 1.12 bits per heavy atom. The molecule has 0 spiro atoms. The van der Waals surface area contributed by atoms with Gasteiger partial charge in [0.1, 0.15) is 5.82 Å². The highest BCUT2D eigenvalue weighted by Gasteiger charge is 2.41. The molecule has 32 heavy (non-hydrogen) atoms. The van der Waals surface area contributed by atoms with E-state index in [0.29, 0.717) is 51.7 Å². The van der Waals surface area contributed by atoms with Gasteiger partial charge in [0.2, 0.25) is 0 Å². The minimum atomic E-state index is -0.766. The lowest BCUT2D eigenvalue weighted by atomic mass is 9.76. The van der Waals surface area contributed by atoms with Gasteiger partial charge in [-0.15, -0.1) is 0 Å². The summed E-state index contributed by atoms with van der Waals surface area (Å²) in [7, 11) is 0. The van der Waals surface area contributed by atoms with E-state index in [1.54, 1.807) is 42.5 Å². The molecule has 0 aromatic heterocycles. The number of halogens is 3. The Kier molecular flexibility index (Phi) is 6.16. The number of Topliss-reactive ketones (excluding diaryl/α,β-unsaturated/α-hetero) is 1. The third kappa shape index (κ3) is 3.84. The van der Waals surface area contributed by atoms with Crippen LogP contribution in [0.2, 0.25) is 15.1 Å². The fourth-order valence-corrected chi connectivity index (χ4v) is 4.58. The molecule has 0 bridgehead atoms. The van der Waals surface area contributed by atoms with Crippen LogP contribution in [0.4, 0.5) is 0 Å². The van der Waals surface area contributed by atoms with Gasteiger partial charge in [-0.2, -0.15) is 5.26 Å². The molecule has 0 saturated heterocycles. The van der Waals surface area contributed by atoms with Crippen molar-refractivity contribution in [3.8, 4) is 6.07 Å². The normalized spacial score (nSPS) is 18.4. The topological polar surface area (TPSA) is 99.2 Å². The molecule has 1 unspecified atom stereocenters. The largest absolute Gasteiger partial charge is 0.383 e. The van der Waals surface area contributed by atoms with Crippen molar-refractivity contribution in [3.63, 3.8) is 0 Å². The van der Waals surface area contributed by atoms with E-state index in [9.17, 15) is 14.9 Å². The molecule has 2 aromatic rings. The molecule has 1 aliphatic carbocycles. The third-order valence-electron chi connectivity index (χ3n) is 5.53. The van der Waals surface area contributed by atoms with E-state index >= 15 is 0 Å².